The van der Waals surface area contributed by atoms with Crippen LogP contribution in [0, 0.1) is 0 Å². The van der Waals surface area contributed by atoms with Gasteiger partial charge < -0.3 is 5.32 Å². The highest BCUT2D eigenvalue weighted by molar-refractivity contribution is 5.78. The van der Waals surface area contributed by atoms with Crippen LogP contribution in [0.15, 0.2) is 29.1 Å². The second kappa shape index (κ2) is 7.76. The summed E-state index contributed by atoms with van der Waals surface area (Å²) in [5.74, 6) is 0.260. The van der Waals surface area contributed by atoms with Crippen molar-refractivity contribution in [3.8, 4) is 0 Å². The summed E-state index contributed by atoms with van der Waals surface area (Å²) in [6.07, 6.45) is 3.62. The third-order valence-electron chi connectivity index (χ3n) is 5.16. The second-order valence-electron chi connectivity index (χ2n) is 7.21. The number of carbonyl (C=O) groups excluding carboxylic acids is 1. The number of nitrogens with one attached hydrogen (secondary N) is 1. The molecule has 0 saturated heterocycles. The molecule has 0 bridgehead atoms. The SMILES string of the molecule is C[C@@H](NC(=O)Cn1nc2n(c1=O)CCCCC2)c1nc2ccccc2n1C(F)F. The van der Waals surface area contributed by atoms with Crippen molar-refractivity contribution in [3.05, 3.63) is 46.4 Å². The van der Waals surface area contributed by atoms with Crippen LogP contribution in [0.4, 0.5) is 8.78 Å². The van der Waals surface area contributed by atoms with Crippen LogP contribution in [0.3, 0.4) is 0 Å². The van der Waals surface area contributed by atoms with Gasteiger partial charge in [0.15, 0.2) is 0 Å². The number of halogens is 2. The first-order valence-electron chi connectivity index (χ1n) is 9.66. The number of imidazole rings is 1. The van der Waals surface area contributed by atoms with E-state index in [0.29, 0.717) is 29.8 Å². The highest BCUT2D eigenvalue weighted by Gasteiger charge is 2.24. The first-order chi connectivity index (χ1) is 14.0. The summed E-state index contributed by atoms with van der Waals surface area (Å²) >= 11 is 0. The molecule has 1 atom stereocenters. The fraction of sp³-hybridized carbons (Fsp3) is 0.474. The van der Waals surface area contributed by atoms with Gasteiger partial charge in [-0.3, -0.25) is 13.9 Å². The number of alkyl halides is 2. The van der Waals surface area contributed by atoms with E-state index in [4.69, 9.17) is 0 Å². The molecule has 0 radical (unpaired) electrons. The third-order valence-corrected chi connectivity index (χ3v) is 5.16. The van der Waals surface area contributed by atoms with Crippen molar-refractivity contribution in [3.63, 3.8) is 0 Å². The Hall–Kier alpha value is -3.04. The van der Waals surface area contributed by atoms with E-state index in [1.54, 1.807) is 35.8 Å². The van der Waals surface area contributed by atoms with E-state index in [1.165, 1.54) is 0 Å². The Balaban J connectivity index is 1.53. The van der Waals surface area contributed by atoms with Crippen LogP contribution >= 0.6 is 0 Å². The van der Waals surface area contributed by atoms with Gasteiger partial charge in [0, 0.05) is 13.0 Å². The smallest absolute Gasteiger partial charge is 0.345 e. The number of hydrogen-bond acceptors (Lipinski definition) is 4. The van der Waals surface area contributed by atoms with E-state index in [1.807, 2.05) is 0 Å². The largest absolute Gasteiger partial charge is 0.346 e. The minimum Gasteiger partial charge on any atom is -0.345 e. The molecule has 0 spiro atoms. The summed E-state index contributed by atoms with van der Waals surface area (Å²) in [6, 6.07) is 5.81. The summed E-state index contributed by atoms with van der Waals surface area (Å²) in [6.45, 7) is -0.866. The molecule has 1 aliphatic rings. The van der Waals surface area contributed by atoms with Crippen molar-refractivity contribution >= 4 is 16.9 Å². The Morgan fingerprint density at radius 3 is 2.83 bits per heavy atom. The maximum atomic E-state index is 13.6. The fourth-order valence-corrected chi connectivity index (χ4v) is 3.79. The summed E-state index contributed by atoms with van der Waals surface area (Å²) in [5, 5.41) is 6.93. The van der Waals surface area contributed by atoms with Gasteiger partial charge in [-0.1, -0.05) is 18.6 Å². The molecule has 1 amide bonds. The molecule has 0 saturated carbocycles. The molecule has 0 aliphatic carbocycles. The highest BCUT2D eigenvalue weighted by Crippen LogP contribution is 2.26. The quantitative estimate of drug-likeness (QED) is 0.708. The van der Waals surface area contributed by atoms with Gasteiger partial charge in [-0.25, -0.2) is 14.5 Å². The molecular formula is C19H22F2N6O2. The third kappa shape index (κ3) is 3.66. The Morgan fingerprint density at radius 2 is 2.03 bits per heavy atom. The van der Waals surface area contributed by atoms with Crippen molar-refractivity contribution in [2.24, 2.45) is 0 Å². The molecule has 10 heteroatoms. The number of nitrogens with zero attached hydrogens (tertiary/aromatic N) is 5. The molecule has 3 heterocycles. The zero-order valence-electron chi connectivity index (χ0n) is 16.0. The summed E-state index contributed by atoms with van der Waals surface area (Å²) in [5.41, 5.74) is 0.412. The average molecular weight is 404 g/mol. The standard InChI is InChI=1S/C19H22F2N6O2/c1-12(17-23-13-7-4-5-8-14(13)27(17)18(20)21)22-16(28)11-26-19(29)25-10-6-2-3-9-15(25)24-26/h4-5,7-8,12,18H,2-3,6,9-11H2,1H3,(H,22,28)/t12-/m1/s1. The topological polar surface area (TPSA) is 86.7 Å². The Bertz CT molecular complexity index is 1100. The lowest BCUT2D eigenvalue weighted by molar-refractivity contribution is -0.122. The molecule has 4 rings (SSSR count). The van der Waals surface area contributed by atoms with E-state index in [0.717, 1.165) is 28.5 Å². The lowest BCUT2D eigenvalue weighted by Crippen LogP contribution is -2.35. The molecule has 0 fully saturated rings. The van der Waals surface area contributed by atoms with Crippen molar-refractivity contribution in [1.29, 1.82) is 0 Å². The first-order valence-corrected chi connectivity index (χ1v) is 9.66. The summed E-state index contributed by atoms with van der Waals surface area (Å²) < 4.78 is 30.8. The lowest BCUT2D eigenvalue weighted by atomic mass is 10.2. The van der Waals surface area contributed by atoms with Crippen LogP contribution in [-0.4, -0.2) is 29.8 Å². The number of aryl methyl sites for hydroxylation is 1. The first kappa shape index (κ1) is 19.3. The maximum Gasteiger partial charge on any atom is 0.346 e. The molecule has 8 nitrogen and oxygen atoms in total. The van der Waals surface area contributed by atoms with Crippen LogP contribution in [0.25, 0.3) is 11.0 Å². The van der Waals surface area contributed by atoms with Crippen molar-refractivity contribution < 1.29 is 13.6 Å². The van der Waals surface area contributed by atoms with Gasteiger partial charge in [-0.2, -0.15) is 13.9 Å². The van der Waals surface area contributed by atoms with Crippen molar-refractivity contribution in [2.45, 2.75) is 58.3 Å². The van der Waals surface area contributed by atoms with Gasteiger partial charge in [0.05, 0.1) is 17.1 Å². The number of fused-ring (bicyclic) bond motifs is 2. The van der Waals surface area contributed by atoms with Gasteiger partial charge >= 0.3 is 12.2 Å². The molecule has 2 aromatic heterocycles. The molecule has 154 valence electrons. The Morgan fingerprint density at radius 1 is 1.24 bits per heavy atom. The number of benzene rings is 1. The monoisotopic (exact) mass is 404 g/mol. The summed E-state index contributed by atoms with van der Waals surface area (Å²) in [4.78, 5) is 29.2. The van der Waals surface area contributed by atoms with E-state index in [9.17, 15) is 18.4 Å². The van der Waals surface area contributed by atoms with Crippen molar-refractivity contribution in [2.75, 3.05) is 0 Å². The molecule has 1 N–H and O–H groups in total. The number of para-hydroxylation sites is 2. The van der Waals surface area contributed by atoms with Crippen LogP contribution in [0.2, 0.25) is 0 Å². The minimum atomic E-state index is -2.79. The summed E-state index contributed by atoms with van der Waals surface area (Å²) in [7, 11) is 0. The Kier molecular flexibility index (Phi) is 5.16. The van der Waals surface area contributed by atoms with Crippen LogP contribution < -0.4 is 11.0 Å². The maximum absolute atomic E-state index is 13.6. The van der Waals surface area contributed by atoms with E-state index in [2.05, 4.69) is 15.4 Å². The predicted octanol–water partition coefficient (Wildman–Crippen LogP) is 2.39. The van der Waals surface area contributed by atoms with E-state index >= 15 is 0 Å². The number of hydrogen-bond donors (Lipinski definition) is 1. The number of carbonyl (C=O) groups is 1. The van der Waals surface area contributed by atoms with Gasteiger partial charge in [0.25, 0.3) is 0 Å². The van der Waals surface area contributed by atoms with Crippen LogP contribution in [-0.2, 0) is 24.3 Å². The van der Waals surface area contributed by atoms with Crippen LogP contribution in [0.1, 0.15) is 50.4 Å². The highest BCUT2D eigenvalue weighted by atomic mass is 19.3. The number of aromatic nitrogens is 5. The molecule has 29 heavy (non-hydrogen) atoms. The van der Waals surface area contributed by atoms with Gasteiger partial charge in [0.1, 0.15) is 18.2 Å². The van der Waals surface area contributed by atoms with Gasteiger partial charge in [-0.05, 0) is 31.9 Å². The number of amides is 1. The second-order valence-corrected chi connectivity index (χ2v) is 7.21. The average Bonchev–Trinajstić information content (AvgIpc) is 3.11. The molecular weight excluding hydrogens is 382 g/mol. The molecule has 1 aliphatic heterocycles. The van der Waals surface area contributed by atoms with E-state index in [-0.39, 0.29) is 18.1 Å². The molecule has 0 unspecified atom stereocenters. The lowest BCUT2D eigenvalue weighted by Gasteiger charge is -2.15. The fourth-order valence-electron chi connectivity index (χ4n) is 3.79. The molecule has 3 aromatic rings. The van der Waals surface area contributed by atoms with Gasteiger partial charge in [-0.15, -0.1) is 0 Å². The molecule has 1 aromatic carbocycles. The Labute approximate surface area is 165 Å². The predicted molar refractivity (Wildman–Crippen MR) is 102 cm³/mol. The zero-order valence-corrected chi connectivity index (χ0v) is 16.0. The van der Waals surface area contributed by atoms with Crippen LogP contribution in [0.5, 0.6) is 0 Å². The van der Waals surface area contributed by atoms with Gasteiger partial charge in [0.2, 0.25) is 5.91 Å². The zero-order chi connectivity index (χ0) is 20.5. The van der Waals surface area contributed by atoms with E-state index < -0.39 is 18.5 Å². The minimum absolute atomic E-state index is 0.0579. The van der Waals surface area contributed by atoms with Crippen molar-refractivity contribution in [1.82, 2.24) is 29.2 Å². The normalized spacial score (nSPS) is 15.3. The number of rotatable bonds is 5.